The van der Waals surface area contributed by atoms with E-state index in [4.69, 9.17) is 15.6 Å². The molecule has 2 heterocycles. The number of ether oxygens (including phenoxy) is 1. The summed E-state index contributed by atoms with van der Waals surface area (Å²) in [6, 6.07) is -1.02. The van der Waals surface area contributed by atoms with Gasteiger partial charge in [-0.2, -0.15) is 4.99 Å². The van der Waals surface area contributed by atoms with Crippen molar-refractivity contribution in [2.45, 2.75) is 36.9 Å². The van der Waals surface area contributed by atoms with Crippen LogP contribution in [0.2, 0.25) is 0 Å². The van der Waals surface area contributed by atoms with Crippen molar-refractivity contribution in [2.24, 2.45) is 10.7 Å². The Balaban J connectivity index is 2.25. The van der Waals surface area contributed by atoms with Gasteiger partial charge < -0.3 is 36.0 Å². The third kappa shape index (κ3) is 2.18. The number of carbonyl (C=O) groups is 1. The number of aliphatic hydroxyl groups excluding tert-OH is 5. The lowest BCUT2D eigenvalue weighted by atomic mass is 10.1. The molecule has 0 bridgehead atoms. The van der Waals surface area contributed by atoms with Gasteiger partial charge in [0.15, 0.2) is 18.6 Å². The van der Waals surface area contributed by atoms with E-state index in [9.17, 15) is 25.2 Å². The zero-order valence-electron chi connectivity index (χ0n) is 9.70. The Kier molecular flexibility index (Phi) is 3.71. The van der Waals surface area contributed by atoms with Crippen LogP contribution in [-0.4, -0.2) is 85.8 Å². The van der Waals surface area contributed by atoms with Crippen LogP contribution in [-0.2, 0) is 4.74 Å². The van der Waals surface area contributed by atoms with E-state index in [1.165, 1.54) is 0 Å². The highest BCUT2D eigenvalue weighted by Gasteiger charge is 2.51. The first kappa shape index (κ1) is 14.1. The van der Waals surface area contributed by atoms with E-state index in [0.29, 0.717) is 4.90 Å². The van der Waals surface area contributed by atoms with Gasteiger partial charge in [0.2, 0.25) is 0 Å². The van der Waals surface area contributed by atoms with Crippen LogP contribution in [0, 0.1) is 0 Å². The Hall–Kier alpha value is -1.30. The van der Waals surface area contributed by atoms with Crippen molar-refractivity contribution in [3.8, 4) is 0 Å². The summed E-state index contributed by atoms with van der Waals surface area (Å²) in [5.74, 6) is -0.458. The summed E-state index contributed by atoms with van der Waals surface area (Å²) in [5, 5.41) is 47.5. The first-order valence-electron chi connectivity index (χ1n) is 5.53. The van der Waals surface area contributed by atoms with Gasteiger partial charge in [0.05, 0.1) is 6.61 Å². The number of amidine groups is 1. The molecule has 2 aliphatic rings. The lowest BCUT2D eigenvalue weighted by molar-refractivity contribution is -0.149. The number of amides is 2. The molecule has 2 rings (SSSR count). The molecule has 2 aliphatic heterocycles. The molecule has 19 heavy (non-hydrogen) atoms. The zero-order valence-corrected chi connectivity index (χ0v) is 9.70. The smallest absolute Gasteiger partial charge is 0.349 e. The summed E-state index contributed by atoms with van der Waals surface area (Å²) >= 11 is 0. The number of nitrogens with zero attached hydrogens (tertiary/aromatic N) is 2. The van der Waals surface area contributed by atoms with Gasteiger partial charge in [-0.25, -0.2) is 4.79 Å². The average molecular weight is 277 g/mol. The number of hydrogen-bond donors (Lipinski definition) is 6. The molecule has 0 saturated carbocycles. The highest BCUT2D eigenvalue weighted by molar-refractivity contribution is 5.98. The van der Waals surface area contributed by atoms with Gasteiger partial charge in [0, 0.05) is 0 Å². The molecule has 0 aromatic carbocycles. The standard InChI is InChI=1S/C9H15N3O7/c10-6-5(16)7(17)12(9(18)11-6)8-4(15)3(14)2(1-13)19-8/h2-5,7-8,13-17H,1H2,(H2,10,11,18)/t2-,3?,4?,5?,7?,8-/m1/s1. The molecule has 1 fully saturated rings. The van der Waals surface area contributed by atoms with E-state index in [1.807, 2.05) is 0 Å². The van der Waals surface area contributed by atoms with Crippen molar-refractivity contribution in [1.29, 1.82) is 0 Å². The fraction of sp³-hybridized carbons (Fsp3) is 0.778. The van der Waals surface area contributed by atoms with E-state index >= 15 is 0 Å². The maximum absolute atomic E-state index is 11.6. The molecule has 7 N–H and O–H groups in total. The molecule has 10 nitrogen and oxygen atoms in total. The van der Waals surface area contributed by atoms with Crippen LogP contribution in [0.15, 0.2) is 4.99 Å². The van der Waals surface area contributed by atoms with Crippen LogP contribution in [0.5, 0.6) is 0 Å². The number of aliphatic hydroxyl groups is 5. The number of aliphatic imine (C=N–C) groups is 1. The Morgan fingerprint density at radius 1 is 1.26 bits per heavy atom. The molecular weight excluding hydrogens is 262 g/mol. The van der Waals surface area contributed by atoms with Crippen molar-refractivity contribution in [1.82, 2.24) is 4.90 Å². The number of hydrogen-bond acceptors (Lipinski definition) is 8. The molecule has 0 aromatic rings. The highest BCUT2D eigenvalue weighted by atomic mass is 16.6. The van der Waals surface area contributed by atoms with Crippen molar-refractivity contribution < 1.29 is 35.1 Å². The van der Waals surface area contributed by atoms with Gasteiger partial charge in [-0.05, 0) is 0 Å². The minimum absolute atomic E-state index is 0.458. The van der Waals surface area contributed by atoms with Crippen LogP contribution < -0.4 is 5.73 Å². The molecule has 2 amide bonds. The highest BCUT2D eigenvalue weighted by Crippen LogP contribution is 2.27. The Morgan fingerprint density at radius 3 is 2.42 bits per heavy atom. The summed E-state index contributed by atoms with van der Waals surface area (Å²) in [7, 11) is 0. The zero-order chi connectivity index (χ0) is 14.3. The summed E-state index contributed by atoms with van der Waals surface area (Å²) in [5.41, 5.74) is 5.24. The van der Waals surface area contributed by atoms with E-state index in [-0.39, 0.29) is 0 Å². The number of rotatable bonds is 2. The minimum atomic E-state index is -1.77. The van der Waals surface area contributed by atoms with Crippen LogP contribution in [0.1, 0.15) is 0 Å². The summed E-state index contributed by atoms with van der Waals surface area (Å²) in [4.78, 5) is 15.5. The fourth-order valence-corrected chi connectivity index (χ4v) is 2.02. The average Bonchev–Trinajstić information content (AvgIpc) is 2.64. The van der Waals surface area contributed by atoms with Crippen LogP contribution in [0.25, 0.3) is 0 Å². The fourth-order valence-electron chi connectivity index (χ4n) is 2.02. The van der Waals surface area contributed by atoms with Gasteiger partial charge in [0.25, 0.3) is 0 Å². The van der Waals surface area contributed by atoms with Crippen molar-refractivity contribution >= 4 is 11.9 Å². The molecule has 0 aliphatic carbocycles. The molecule has 0 aromatic heterocycles. The second-order valence-electron chi connectivity index (χ2n) is 4.31. The molecule has 0 radical (unpaired) electrons. The second-order valence-corrected chi connectivity index (χ2v) is 4.31. The topological polar surface area (TPSA) is 169 Å². The number of nitrogens with two attached hydrogens (primary N) is 1. The van der Waals surface area contributed by atoms with Gasteiger partial charge in [-0.3, -0.25) is 4.90 Å². The van der Waals surface area contributed by atoms with Crippen molar-refractivity contribution in [3.63, 3.8) is 0 Å². The van der Waals surface area contributed by atoms with Crippen LogP contribution >= 0.6 is 0 Å². The molecule has 10 heteroatoms. The van der Waals surface area contributed by atoms with Crippen molar-refractivity contribution in [3.05, 3.63) is 0 Å². The summed E-state index contributed by atoms with van der Waals surface area (Å²) in [6.07, 6.45) is -8.94. The Morgan fingerprint density at radius 2 is 1.89 bits per heavy atom. The lowest BCUT2D eigenvalue weighted by Crippen LogP contribution is -2.61. The van der Waals surface area contributed by atoms with Crippen LogP contribution in [0.4, 0.5) is 4.79 Å². The summed E-state index contributed by atoms with van der Waals surface area (Å²) in [6.45, 7) is -0.583. The van der Waals surface area contributed by atoms with Gasteiger partial charge in [-0.1, -0.05) is 0 Å². The molecule has 6 atom stereocenters. The van der Waals surface area contributed by atoms with Crippen molar-refractivity contribution in [2.75, 3.05) is 6.61 Å². The van der Waals surface area contributed by atoms with E-state index < -0.39 is 55.3 Å². The molecule has 108 valence electrons. The van der Waals surface area contributed by atoms with Crippen LogP contribution in [0.3, 0.4) is 0 Å². The molecule has 1 saturated heterocycles. The number of carbonyl (C=O) groups excluding carboxylic acids is 1. The molecule has 0 spiro atoms. The number of urea groups is 1. The van der Waals surface area contributed by atoms with E-state index in [0.717, 1.165) is 0 Å². The third-order valence-corrected chi connectivity index (χ3v) is 3.11. The van der Waals surface area contributed by atoms with Gasteiger partial charge in [-0.15, -0.1) is 0 Å². The first-order valence-corrected chi connectivity index (χ1v) is 5.53. The lowest BCUT2D eigenvalue weighted by Gasteiger charge is -2.37. The second kappa shape index (κ2) is 5.00. The molecular formula is C9H15N3O7. The normalized spacial score (nSPS) is 43.5. The Labute approximate surface area is 107 Å². The minimum Gasteiger partial charge on any atom is -0.394 e. The maximum Gasteiger partial charge on any atom is 0.349 e. The first-order chi connectivity index (χ1) is 8.88. The van der Waals surface area contributed by atoms with Gasteiger partial charge in [0.1, 0.15) is 24.1 Å². The predicted molar refractivity (Wildman–Crippen MR) is 58.6 cm³/mol. The third-order valence-electron chi connectivity index (χ3n) is 3.11. The molecule has 4 unspecified atom stereocenters. The quantitative estimate of drug-likeness (QED) is 0.296. The Bertz CT molecular complexity index is 403. The van der Waals surface area contributed by atoms with E-state index in [1.54, 1.807) is 0 Å². The summed E-state index contributed by atoms with van der Waals surface area (Å²) < 4.78 is 5.07. The largest absolute Gasteiger partial charge is 0.394 e. The van der Waals surface area contributed by atoms with Gasteiger partial charge >= 0.3 is 6.03 Å². The van der Waals surface area contributed by atoms with E-state index in [2.05, 4.69) is 4.99 Å². The maximum atomic E-state index is 11.6. The SMILES string of the molecule is NC1=NC(=O)N([C@@H]2O[C@H](CO)C(O)C2O)C(O)C1O. The predicted octanol–water partition coefficient (Wildman–Crippen LogP) is -4.10. The monoisotopic (exact) mass is 277 g/mol.